The smallest absolute Gasteiger partial charge is 0.266 e. The third-order valence-corrected chi connectivity index (χ3v) is 2.84. The largest absolute Gasteiger partial charge is 0.289 e. The van der Waals surface area contributed by atoms with Crippen molar-refractivity contribution in [3.63, 3.8) is 0 Å². The van der Waals surface area contributed by atoms with Crippen molar-refractivity contribution in [3.05, 3.63) is 70.5 Å². The van der Waals surface area contributed by atoms with Crippen molar-refractivity contribution in [1.82, 2.24) is 14.8 Å². The Morgan fingerprint density at radius 2 is 1.85 bits per heavy atom. The molecule has 0 saturated carbocycles. The maximum absolute atomic E-state index is 13.9. The van der Waals surface area contributed by atoms with Crippen molar-refractivity contribution < 1.29 is 4.48 Å². The second-order valence-electron chi connectivity index (χ2n) is 4.16. The van der Waals surface area contributed by atoms with E-state index in [4.69, 9.17) is 0 Å². The second kappa shape index (κ2) is 5.05. The van der Waals surface area contributed by atoms with Gasteiger partial charge in [-0.3, -0.25) is 9.78 Å². The molecule has 0 radical (unpaired) electrons. The van der Waals surface area contributed by atoms with E-state index in [-0.39, 0.29) is 16.0 Å². The number of aromatic nitrogens is 3. The third kappa shape index (κ3) is 2.21. The van der Waals surface area contributed by atoms with Gasteiger partial charge >= 0.3 is 0 Å². The fourth-order valence-corrected chi connectivity index (χ4v) is 1.87. The summed E-state index contributed by atoms with van der Waals surface area (Å²) in [6.07, 6.45) is 4.67. The lowest BCUT2D eigenvalue weighted by Crippen LogP contribution is -2.17. The Morgan fingerprint density at radius 1 is 1.05 bits per heavy atom. The van der Waals surface area contributed by atoms with Crippen molar-refractivity contribution in [1.29, 1.82) is 0 Å². The van der Waals surface area contributed by atoms with Crippen LogP contribution in [0.1, 0.15) is 11.5 Å². The van der Waals surface area contributed by atoms with Crippen LogP contribution in [0.3, 0.4) is 0 Å². The summed E-state index contributed by atoms with van der Waals surface area (Å²) in [7, 11) is 0. The zero-order valence-electron chi connectivity index (χ0n) is 10.4. The first-order valence-corrected chi connectivity index (χ1v) is 6.03. The van der Waals surface area contributed by atoms with Gasteiger partial charge in [-0.25, -0.2) is 4.98 Å². The molecule has 0 amide bonds. The first kappa shape index (κ1) is 12.2. The van der Waals surface area contributed by atoms with E-state index in [2.05, 4.69) is 9.97 Å². The van der Waals surface area contributed by atoms with E-state index in [1.165, 1.54) is 6.08 Å². The van der Waals surface area contributed by atoms with Crippen LogP contribution >= 0.6 is 0 Å². The molecule has 0 bridgehead atoms. The summed E-state index contributed by atoms with van der Waals surface area (Å²) in [5, 5.41) is 0.255. The van der Waals surface area contributed by atoms with Gasteiger partial charge in [-0.2, -0.15) is 0 Å². The second-order valence-corrected chi connectivity index (χ2v) is 4.16. The lowest BCUT2D eigenvalue weighted by molar-refractivity contribution is 0.346. The standard InChI is InChI=1S/C15H10FN3O/c16-19-14(9-8-11-5-3-4-10-17-11)18-13-7-2-1-6-12(13)15(19)20/h1-10H. The normalized spacial score (nSPS) is 11.2. The van der Waals surface area contributed by atoms with E-state index in [0.717, 1.165) is 0 Å². The van der Waals surface area contributed by atoms with Crippen LogP contribution in [0.15, 0.2) is 53.5 Å². The van der Waals surface area contributed by atoms with Crippen LogP contribution in [-0.4, -0.2) is 14.8 Å². The van der Waals surface area contributed by atoms with Crippen molar-refractivity contribution in [3.8, 4) is 0 Å². The van der Waals surface area contributed by atoms with Crippen LogP contribution in [0.25, 0.3) is 23.1 Å². The molecule has 0 aliphatic rings. The van der Waals surface area contributed by atoms with Crippen molar-refractivity contribution in [2.24, 2.45) is 0 Å². The van der Waals surface area contributed by atoms with Gasteiger partial charge in [-0.15, -0.1) is 4.79 Å². The maximum Gasteiger partial charge on any atom is 0.289 e. The lowest BCUT2D eigenvalue weighted by Gasteiger charge is -2.01. The highest BCUT2D eigenvalue weighted by Gasteiger charge is 2.07. The molecule has 20 heavy (non-hydrogen) atoms. The molecule has 98 valence electrons. The number of benzene rings is 1. The molecule has 3 aromatic rings. The van der Waals surface area contributed by atoms with Gasteiger partial charge in [-0.1, -0.05) is 22.7 Å². The molecule has 0 fully saturated rings. The van der Waals surface area contributed by atoms with Gasteiger partial charge in [0.05, 0.1) is 16.6 Å². The number of halogens is 1. The fourth-order valence-electron chi connectivity index (χ4n) is 1.87. The van der Waals surface area contributed by atoms with Gasteiger partial charge in [0.15, 0.2) is 5.82 Å². The predicted octanol–water partition coefficient (Wildman–Crippen LogP) is 2.69. The number of para-hydroxylation sites is 1. The van der Waals surface area contributed by atoms with E-state index in [1.54, 1.807) is 48.7 Å². The van der Waals surface area contributed by atoms with Crippen LogP contribution < -0.4 is 5.56 Å². The molecule has 2 heterocycles. The van der Waals surface area contributed by atoms with Gasteiger partial charge < -0.3 is 0 Å². The van der Waals surface area contributed by atoms with E-state index in [1.807, 2.05) is 6.07 Å². The highest BCUT2D eigenvalue weighted by molar-refractivity contribution is 5.79. The summed E-state index contributed by atoms with van der Waals surface area (Å²) in [5.41, 5.74) is 0.415. The van der Waals surface area contributed by atoms with Gasteiger partial charge in [0.1, 0.15) is 0 Å². The van der Waals surface area contributed by atoms with E-state index in [9.17, 15) is 9.28 Å². The molecule has 2 aromatic heterocycles. The first-order chi connectivity index (χ1) is 9.75. The average Bonchev–Trinajstić information content (AvgIpc) is 2.50. The molecule has 4 nitrogen and oxygen atoms in total. The number of hydrogen-bond acceptors (Lipinski definition) is 3. The van der Waals surface area contributed by atoms with Gasteiger partial charge in [0.25, 0.3) is 5.56 Å². The molecule has 0 saturated heterocycles. The zero-order chi connectivity index (χ0) is 13.9. The summed E-state index contributed by atoms with van der Waals surface area (Å²) < 4.78 is 13.9. The molecular formula is C15H10FN3O. The first-order valence-electron chi connectivity index (χ1n) is 6.03. The SMILES string of the molecule is O=c1c2ccccc2nc(C=Cc2ccccn2)n1F. The Labute approximate surface area is 113 Å². The summed E-state index contributed by atoms with van der Waals surface area (Å²) >= 11 is 0. The van der Waals surface area contributed by atoms with Crippen LogP contribution in [0, 0.1) is 0 Å². The lowest BCUT2D eigenvalue weighted by atomic mass is 10.2. The minimum atomic E-state index is -0.712. The van der Waals surface area contributed by atoms with Crippen LogP contribution in [0.4, 0.5) is 4.48 Å². The number of pyridine rings is 1. The monoisotopic (exact) mass is 267 g/mol. The van der Waals surface area contributed by atoms with E-state index in [0.29, 0.717) is 11.2 Å². The molecule has 5 heteroatoms. The van der Waals surface area contributed by atoms with Gasteiger partial charge in [0, 0.05) is 6.20 Å². The molecular weight excluding hydrogens is 257 g/mol. The third-order valence-electron chi connectivity index (χ3n) is 2.84. The number of fused-ring (bicyclic) bond motifs is 1. The Morgan fingerprint density at radius 3 is 2.65 bits per heavy atom. The summed E-state index contributed by atoms with van der Waals surface area (Å²) in [5.74, 6) is -0.0562. The number of rotatable bonds is 2. The summed E-state index contributed by atoms with van der Waals surface area (Å²) in [6, 6.07) is 12.0. The molecule has 0 aliphatic heterocycles. The average molecular weight is 267 g/mol. The summed E-state index contributed by atoms with van der Waals surface area (Å²) in [6.45, 7) is 0. The molecule has 0 N–H and O–H groups in total. The topological polar surface area (TPSA) is 47.8 Å². The Hall–Kier alpha value is -2.82. The minimum Gasteiger partial charge on any atom is -0.266 e. The molecule has 0 spiro atoms. The van der Waals surface area contributed by atoms with Crippen LogP contribution in [-0.2, 0) is 0 Å². The van der Waals surface area contributed by atoms with Gasteiger partial charge in [-0.05, 0) is 36.4 Å². The molecule has 0 unspecified atom stereocenters. The zero-order valence-corrected chi connectivity index (χ0v) is 10.4. The minimum absolute atomic E-state index is 0.0434. The summed E-state index contributed by atoms with van der Waals surface area (Å²) in [4.78, 5) is 20.1. The van der Waals surface area contributed by atoms with Crippen LogP contribution in [0.2, 0.25) is 0 Å². The van der Waals surface area contributed by atoms with Crippen molar-refractivity contribution in [2.45, 2.75) is 0 Å². The van der Waals surface area contributed by atoms with Crippen LogP contribution in [0.5, 0.6) is 0 Å². The van der Waals surface area contributed by atoms with Gasteiger partial charge in [0.2, 0.25) is 0 Å². The predicted molar refractivity (Wildman–Crippen MR) is 75.7 cm³/mol. The van der Waals surface area contributed by atoms with E-state index < -0.39 is 5.56 Å². The highest BCUT2D eigenvalue weighted by Crippen LogP contribution is 2.10. The highest BCUT2D eigenvalue weighted by atomic mass is 19.2. The van der Waals surface area contributed by atoms with E-state index >= 15 is 0 Å². The Kier molecular flexibility index (Phi) is 3.09. The number of hydrogen-bond donors (Lipinski definition) is 0. The Balaban J connectivity index is 2.11. The number of nitrogens with zero attached hydrogens (tertiary/aromatic N) is 3. The molecule has 3 rings (SSSR count). The fraction of sp³-hybridized carbons (Fsp3) is 0. The van der Waals surface area contributed by atoms with Crippen molar-refractivity contribution in [2.75, 3.05) is 0 Å². The molecule has 0 aliphatic carbocycles. The van der Waals surface area contributed by atoms with Crippen molar-refractivity contribution >= 4 is 23.1 Å². The molecule has 1 aromatic carbocycles. The Bertz CT molecular complexity index is 841. The molecule has 0 atom stereocenters. The maximum atomic E-state index is 13.9. The quantitative estimate of drug-likeness (QED) is 0.717.